The third kappa shape index (κ3) is 6.69. The standard InChI is InChI=1S/C35H41N7O5/c1-22-5-10-25(17-26(22)39-32-36-12-11-27(40-32)42-13-15-47-16-14-42)38-28(43)24-8-6-23(7-9-24)18-37-29(44)33(2)19-34(3)21-35(4,20-33)31(46)41-30(34)45/h5-12,17H,13-16,18-21H2,1-4H3,(H,37,44)(H,38,43)(H,36,39,40)(H,41,45,46). The minimum atomic E-state index is -0.867. The van der Waals surface area contributed by atoms with Crippen LogP contribution in [0.25, 0.3) is 0 Å². The second-order valence-corrected chi connectivity index (χ2v) is 13.8. The van der Waals surface area contributed by atoms with Crippen molar-refractivity contribution in [3.05, 3.63) is 71.4 Å². The highest BCUT2D eigenvalue weighted by Gasteiger charge is 2.60. The summed E-state index contributed by atoms with van der Waals surface area (Å²) < 4.78 is 5.44. The van der Waals surface area contributed by atoms with Gasteiger partial charge in [-0.15, -0.1) is 0 Å². The molecule has 3 heterocycles. The Labute approximate surface area is 274 Å². The number of nitrogens with zero attached hydrogens (tertiary/aromatic N) is 3. The monoisotopic (exact) mass is 639 g/mol. The number of rotatable bonds is 8. The average molecular weight is 640 g/mol. The van der Waals surface area contributed by atoms with E-state index in [1.165, 1.54) is 0 Å². The summed E-state index contributed by atoms with van der Waals surface area (Å²) in [6.07, 6.45) is 2.89. The highest BCUT2D eigenvalue weighted by molar-refractivity contribution is 6.05. The van der Waals surface area contributed by atoms with Gasteiger partial charge in [0, 0.05) is 59.0 Å². The van der Waals surface area contributed by atoms with Crippen LogP contribution in [-0.2, 0) is 25.7 Å². The maximum atomic E-state index is 13.4. The molecule has 12 nitrogen and oxygen atoms in total. The van der Waals surface area contributed by atoms with Gasteiger partial charge in [0.15, 0.2) is 0 Å². The zero-order chi connectivity index (χ0) is 33.4. The van der Waals surface area contributed by atoms with Gasteiger partial charge in [-0.05, 0) is 67.6 Å². The van der Waals surface area contributed by atoms with E-state index in [2.05, 4.69) is 36.1 Å². The van der Waals surface area contributed by atoms with Gasteiger partial charge in [-0.1, -0.05) is 39.0 Å². The number of carbonyl (C=O) groups is 4. The lowest BCUT2D eigenvalue weighted by molar-refractivity contribution is -0.164. The zero-order valence-electron chi connectivity index (χ0n) is 27.2. The van der Waals surface area contributed by atoms with Crippen LogP contribution in [0.3, 0.4) is 0 Å². The van der Waals surface area contributed by atoms with Gasteiger partial charge >= 0.3 is 0 Å². The van der Waals surface area contributed by atoms with Gasteiger partial charge in [-0.25, -0.2) is 4.98 Å². The number of aromatic nitrogens is 2. The van der Waals surface area contributed by atoms with Crippen molar-refractivity contribution < 1.29 is 23.9 Å². The molecule has 1 saturated carbocycles. The highest BCUT2D eigenvalue weighted by atomic mass is 16.5. The first-order valence-corrected chi connectivity index (χ1v) is 15.9. The maximum absolute atomic E-state index is 13.4. The van der Waals surface area contributed by atoms with E-state index in [-0.39, 0.29) is 30.2 Å². The molecule has 1 aliphatic carbocycles. The second kappa shape index (κ2) is 12.4. The Morgan fingerprint density at radius 2 is 1.62 bits per heavy atom. The van der Waals surface area contributed by atoms with Crippen molar-refractivity contribution in [2.75, 3.05) is 41.8 Å². The minimum absolute atomic E-state index is 0.194. The largest absolute Gasteiger partial charge is 0.378 e. The molecule has 2 atom stereocenters. The predicted octanol–water partition coefficient (Wildman–Crippen LogP) is 4.09. The van der Waals surface area contributed by atoms with Gasteiger partial charge < -0.3 is 25.6 Å². The fourth-order valence-electron chi connectivity index (χ4n) is 7.36. The third-order valence-electron chi connectivity index (χ3n) is 9.60. The maximum Gasteiger partial charge on any atom is 0.255 e. The molecule has 47 heavy (non-hydrogen) atoms. The second-order valence-electron chi connectivity index (χ2n) is 13.8. The van der Waals surface area contributed by atoms with Crippen LogP contribution < -0.4 is 26.2 Å². The van der Waals surface area contributed by atoms with E-state index in [1.807, 2.05) is 52.0 Å². The summed E-state index contributed by atoms with van der Waals surface area (Å²) in [5.74, 6) is 0.206. The van der Waals surface area contributed by atoms with E-state index in [0.29, 0.717) is 49.7 Å². The molecule has 3 aromatic rings. The smallest absolute Gasteiger partial charge is 0.255 e. The normalized spacial score (nSPS) is 25.5. The molecule has 2 aromatic carbocycles. The van der Waals surface area contributed by atoms with Crippen molar-refractivity contribution in [2.45, 2.75) is 53.5 Å². The molecule has 4 amide bonds. The first kappa shape index (κ1) is 32.1. The summed E-state index contributed by atoms with van der Waals surface area (Å²) in [6, 6.07) is 14.5. The molecule has 3 fully saturated rings. The van der Waals surface area contributed by atoms with Crippen molar-refractivity contribution >= 4 is 46.8 Å². The van der Waals surface area contributed by atoms with Gasteiger partial charge in [0.25, 0.3) is 5.91 Å². The number of amides is 4. The van der Waals surface area contributed by atoms with E-state index >= 15 is 0 Å². The van der Waals surface area contributed by atoms with Crippen LogP contribution in [0.4, 0.5) is 23.1 Å². The number of imide groups is 1. The Morgan fingerprint density at radius 1 is 0.936 bits per heavy atom. The molecular weight excluding hydrogens is 598 g/mol. The van der Waals surface area contributed by atoms with E-state index in [0.717, 1.165) is 35.7 Å². The summed E-state index contributed by atoms with van der Waals surface area (Å²) in [5, 5.41) is 11.7. The van der Waals surface area contributed by atoms with Crippen molar-refractivity contribution in [3.8, 4) is 0 Å². The minimum Gasteiger partial charge on any atom is -0.378 e. The summed E-state index contributed by atoms with van der Waals surface area (Å²) in [4.78, 5) is 63.0. The van der Waals surface area contributed by atoms with Crippen LogP contribution in [0.5, 0.6) is 0 Å². The Bertz CT molecular complexity index is 1690. The fraction of sp³-hybridized carbons (Fsp3) is 0.429. The van der Waals surface area contributed by atoms with Crippen molar-refractivity contribution in [2.24, 2.45) is 16.2 Å². The van der Waals surface area contributed by atoms with E-state index in [9.17, 15) is 19.2 Å². The SMILES string of the molecule is Cc1ccc(NC(=O)c2ccc(CNC(=O)C3(C)CC4(C)CC(C)(C3)C(=O)NC4=O)cc2)cc1Nc1nccc(N2CCOCC2)n1. The van der Waals surface area contributed by atoms with E-state index < -0.39 is 16.2 Å². The van der Waals surface area contributed by atoms with Crippen LogP contribution >= 0.6 is 0 Å². The van der Waals surface area contributed by atoms with Crippen LogP contribution in [-0.4, -0.2) is 59.9 Å². The Hall–Kier alpha value is -4.84. The molecule has 2 aliphatic heterocycles. The van der Waals surface area contributed by atoms with Crippen LogP contribution in [0.2, 0.25) is 0 Å². The Kier molecular flexibility index (Phi) is 8.47. The Morgan fingerprint density at radius 3 is 2.30 bits per heavy atom. The van der Waals surface area contributed by atoms with Crippen molar-refractivity contribution in [3.63, 3.8) is 0 Å². The molecular formula is C35H41N7O5. The molecule has 6 rings (SSSR count). The van der Waals surface area contributed by atoms with Gasteiger partial charge in [0.2, 0.25) is 23.7 Å². The molecule has 2 unspecified atom stereocenters. The molecule has 246 valence electrons. The first-order chi connectivity index (χ1) is 22.4. The lowest BCUT2D eigenvalue weighted by Crippen LogP contribution is -2.63. The number of piperidine rings is 1. The van der Waals surface area contributed by atoms with Gasteiger partial charge in [-0.3, -0.25) is 24.5 Å². The van der Waals surface area contributed by atoms with Crippen LogP contribution in [0.1, 0.15) is 61.5 Å². The molecule has 0 radical (unpaired) electrons. The number of morpholine rings is 1. The zero-order valence-corrected chi connectivity index (χ0v) is 27.2. The lowest BCUT2D eigenvalue weighted by Gasteiger charge is -2.53. The number of hydrogen-bond donors (Lipinski definition) is 4. The summed E-state index contributed by atoms with van der Waals surface area (Å²) in [6.45, 7) is 10.6. The number of carbonyl (C=O) groups excluding carboxylic acids is 4. The fourth-order valence-corrected chi connectivity index (χ4v) is 7.36. The average Bonchev–Trinajstić information content (AvgIpc) is 3.05. The van der Waals surface area contributed by atoms with Gasteiger partial charge in [0.1, 0.15) is 5.82 Å². The molecule has 3 aliphatic rings. The summed E-state index contributed by atoms with van der Waals surface area (Å²) in [5.41, 5.74) is 1.22. The van der Waals surface area contributed by atoms with Crippen LogP contribution in [0, 0.1) is 23.2 Å². The molecule has 12 heteroatoms. The number of ether oxygens (including phenoxy) is 1. The number of aryl methyl sites for hydroxylation is 1. The van der Waals surface area contributed by atoms with Crippen molar-refractivity contribution in [1.82, 2.24) is 20.6 Å². The summed E-state index contributed by atoms with van der Waals surface area (Å²) >= 11 is 0. The molecule has 0 spiro atoms. The van der Waals surface area contributed by atoms with E-state index in [1.54, 1.807) is 30.5 Å². The number of nitrogens with one attached hydrogen (secondary N) is 4. The highest BCUT2D eigenvalue weighted by Crippen LogP contribution is 2.56. The predicted molar refractivity (Wildman–Crippen MR) is 177 cm³/mol. The van der Waals surface area contributed by atoms with E-state index in [4.69, 9.17) is 4.74 Å². The number of fused-ring (bicyclic) bond motifs is 2. The number of anilines is 4. The molecule has 1 aromatic heterocycles. The Balaban J connectivity index is 1.06. The van der Waals surface area contributed by atoms with Gasteiger partial charge in [-0.2, -0.15) is 4.98 Å². The van der Waals surface area contributed by atoms with Crippen LogP contribution in [0.15, 0.2) is 54.7 Å². The number of hydrogen-bond acceptors (Lipinski definition) is 9. The van der Waals surface area contributed by atoms with Crippen molar-refractivity contribution in [1.29, 1.82) is 0 Å². The molecule has 4 N–H and O–H groups in total. The topological polar surface area (TPSA) is 155 Å². The molecule has 2 saturated heterocycles. The lowest BCUT2D eigenvalue weighted by atomic mass is 9.52. The van der Waals surface area contributed by atoms with Gasteiger partial charge in [0.05, 0.1) is 13.2 Å². The molecule has 2 bridgehead atoms. The third-order valence-corrected chi connectivity index (χ3v) is 9.60. The first-order valence-electron chi connectivity index (χ1n) is 15.9. The quantitative estimate of drug-likeness (QED) is 0.267. The number of benzene rings is 2. The summed E-state index contributed by atoms with van der Waals surface area (Å²) in [7, 11) is 0.